The van der Waals surface area contributed by atoms with Crippen LogP contribution in [-0.4, -0.2) is 57.2 Å². The lowest BCUT2D eigenvalue weighted by Crippen LogP contribution is -2.70. The number of hydroxylamine groups is 2. The third kappa shape index (κ3) is 4.09. The standard InChI is InChI=1S/C33H40F3NO4S/c1-4-5-6-20-7-9-21(10-8-20)17-37-18-22-13-24-25-15-27(35)26-14-23(38)11-12-30(26,2)32(25,36)28(39)16-31(24,3)33(22,41-37)29(40)42-19-34/h7-12,14,22,24-25,27-28,39H,4-6,13,15-19H2,1-3H3/t22-,24-,25-,27-,28-,30-,31-,32-,33-/m0/s1. The molecular weight excluding hydrogens is 563 g/mol. The Morgan fingerprint density at radius 2 is 1.88 bits per heavy atom. The first-order valence-corrected chi connectivity index (χ1v) is 16.1. The van der Waals surface area contributed by atoms with E-state index in [4.69, 9.17) is 4.84 Å². The summed E-state index contributed by atoms with van der Waals surface area (Å²) in [7, 11) is 0. The van der Waals surface area contributed by atoms with Gasteiger partial charge in [0.25, 0.3) is 0 Å². The molecule has 3 saturated carbocycles. The number of aliphatic hydroxyl groups is 1. The van der Waals surface area contributed by atoms with Crippen molar-refractivity contribution in [3.63, 3.8) is 0 Å². The van der Waals surface area contributed by atoms with Gasteiger partial charge in [0.05, 0.1) is 6.10 Å². The van der Waals surface area contributed by atoms with E-state index in [1.807, 2.05) is 6.92 Å². The maximum Gasteiger partial charge on any atom is 0.226 e. The number of hydrogen-bond acceptors (Lipinski definition) is 6. The van der Waals surface area contributed by atoms with Crippen molar-refractivity contribution < 1.29 is 32.7 Å². The number of rotatable bonds is 7. The Labute approximate surface area is 249 Å². The van der Waals surface area contributed by atoms with Crippen LogP contribution < -0.4 is 0 Å². The van der Waals surface area contributed by atoms with Crippen molar-refractivity contribution in [1.29, 1.82) is 0 Å². The number of halogens is 3. The zero-order valence-corrected chi connectivity index (χ0v) is 25.3. The van der Waals surface area contributed by atoms with Crippen LogP contribution in [0.3, 0.4) is 0 Å². The van der Waals surface area contributed by atoms with Crippen LogP contribution in [0.1, 0.15) is 64.0 Å². The van der Waals surface area contributed by atoms with Crippen LogP contribution in [-0.2, 0) is 27.4 Å². The zero-order valence-electron chi connectivity index (χ0n) is 24.5. The van der Waals surface area contributed by atoms with Crippen molar-refractivity contribution in [1.82, 2.24) is 5.06 Å². The molecular formula is C33H40F3NO4S. The summed E-state index contributed by atoms with van der Waals surface area (Å²) in [5.41, 5.74) is -3.92. The van der Waals surface area contributed by atoms with Crippen molar-refractivity contribution >= 4 is 22.7 Å². The number of thioether (sulfide) groups is 1. The second-order valence-electron chi connectivity index (χ2n) is 13.4. The Bertz CT molecular complexity index is 1320. The first-order valence-electron chi connectivity index (χ1n) is 15.2. The molecule has 5 aliphatic rings. The average molecular weight is 604 g/mol. The molecule has 0 radical (unpaired) electrons. The molecule has 4 aliphatic carbocycles. The van der Waals surface area contributed by atoms with Gasteiger partial charge in [0, 0.05) is 35.8 Å². The van der Waals surface area contributed by atoms with Crippen LogP contribution >= 0.6 is 11.8 Å². The number of aliphatic hydroxyl groups excluding tert-OH is 1. The highest BCUT2D eigenvalue weighted by molar-refractivity contribution is 8.13. The van der Waals surface area contributed by atoms with Crippen molar-refractivity contribution in [3.05, 3.63) is 59.2 Å². The highest BCUT2D eigenvalue weighted by Crippen LogP contribution is 2.73. The van der Waals surface area contributed by atoms with Crippen molar-refractivity contribution in [2.24, 2.45) is 28.6 Å². The quantitative estimate of drug-likeness (QED) is 0.398. The molecule has 6 rings (SSSR count). The number of benzene rings is 1. The van der Waals surface area contributed by atoms with Crippen LogP contribution in [0.25, 0.3) is 0 Å². The van der Waals surface area contributed by atoms with Gasteiger partial charge in [0.1, 0.15) is 12.2 Å². The third-order valence-electron chi connectivity index (χ3n) is 11.4. The van der Waals surface area contributed by atoms with E-state index in [9.17, 15) is 19.1 Å². The molecule has 9 atom stereocenters. The van der Waals surface area contributed by atoms with E-state index in [0.29, 0.717) is 31.3 Å². The SMILES string of the molecule is CCCCc1ccc(CN2C[C@@H]3C[C@H]4[C@@H]5C[C@H](F)C6=CC(=O)C=C[C@]6(C)[C@@]5(F)[C@@H](O)C[C@]4(C)[C@]3(C(=O)SCF)O2)cc1. The molecule has 0 spiro atoms. The second kappa shape index (κ2) is 10.6. The van der Waals surface area contributed by atoms with E-state index in [0.717, 1.165) is 24.8 Å². The van der Waals surface area contributed by atoms with Crippen LogP contribution in [0.15, 0.2) is 48.1 Å². The Morgan fingerprint density at radius 3 is 2.57 bits per heavy atom. The molecule has 9 heteroatoms. The van der Waals surface area contributed by atoms with E-state index in [1.54, 1.807) is 12.0 Å². The largest absolute Gasteiger partial charge is 0.390 e. The van der Waals surface area contributed by atoms with Gasteiger partial charge in [-0.25, -0.2) is 13.2 Å². The minimum atomic E-state index is -2.24. The van der Waals surface area contributed by atoms with Gasteiger partial charge in [0.15, 0.2) is 17.1 Å². The highest BCUT2D eigenvalue weighted by atomic mass is 32.2. The van der Waals surface area contributed by atoms with Crippen molar-refractivity contribution in [2.75, 3.05) is 12.6 Å². The molecule has 0 unspecified atom stereocenters. The lowest BCUT2D eigenvalue weighted by atomic mass is 9.44. The number of carbonyl (C=O) groups excluding carboxylic acids is 2. The fourth-order valence-corrected chi connectivity index (χ4v) is 10.1. The Balaban J connectivity index is 1.33. The molecule has 1 saturated heterocycles. The molecule has 1 N–H and O–H groups in total. The Hall–Kier alpha value is -1.94. The highest BCUT2D eigenvalue weighted by Gasteiger charge is 2.79. The van der Waals surface area contributed by atoms with Gasteiger partial charge >= 0.3 is 0 Å². The van der Waals surface area contributed by atoms with E-state index in [2.05, 4.69) is 31.2 Å². The number of aryl methyl sites for hydroxylation is 1. The zero-order chi connectivity index (χ0) is 30.1. The van der Waals surface area contributed by atoms with Gasteiger partial charge < -0.3 is 5.11 Å². The molecule has 0 aromatic heterocycles. The van der Waals surface area contributed by atoms with E-state index in [-0.39, 0.29) is 24.3 Å². The number of unbranched alkanes of at least 4 members (excludes halogenated alkanes) is 1. The fourth-order valence-electron chi connectivity index (χ4n) is 9.31. The minimum Gasteiger partial charge on any atom is -0.390 e. The first-order chi connectivity index (χ1) is 19.9. The lowest BCUT2D eigenvalue weighted by molar-refractivity contribution is -0.266. The van der Waals surface area contributed by atoms with Gasteiger partial charge in [-0.05, 0) is 73.8 Å². The van der Waals surface area contributed by atoms with E-state index in [1.165, 1.54) is 23.8 Å². The van der Waals surface area contributed by atoms with Gasteiger partial charge in [-0.3, -0.25) is 14.4 Å². The summed E-state index contributed by atoms with van der Waals surface area (Å²) in [4.78, 5) is 32.6. The van der Waals surface area contributed by atoms with Gasteiger partial charge in [-0.1, -0.05) is 62.4 Å². The molecule has 1 aromatic carbocycles. The van der Waals surface area contributed by atoms with Crippen molar-refractivity contribution in [3.8, 4) is 0 Å². The number of fused-ring (bicyclic) bond motifs is 7. The number of ketones is 1. The lowest BCUT2D eigenvalue weighted by Gasteiger charge is -2.63. The smallest absolute Gasteiger partial charge is 0.226 e. The predicted molar refractivity (Wildman–Crippen MR) is 155 cm³/mol. The van der Waals surface area contributed by atoms with Crippen LogP contribution in [0, 0.1) is 28.6 Å². The maximum atomic E-state index is 17.5. The van der Waals surface area contributed by atoms with Crippen LogP contribution in [0.5, 0.6) is 0 Å². The van der Waals surface area contributed by atoms with Gasteiger partial charge in [-0.2, -0.15) is 5.06 Å². The summed E-state index contributed by atoms with van der Waals surface area (Å²) in [6.45, 7) is 6.38. The fraction of sp³-hybridized carbons (Fsp3) is 0.636. The Morgan fingerprint density at radius 1 is 1.17 bits per heavy atom. The van der Waals surface area contributed by atoms with E-state index < -0.39 is 63.1 Å². The van der Waals surface area contributed by atoms with Crippen molar-refractivity contribution in [2.45, 2.75) is 89.4 Å². The van der Waals surface area contributed by atoms with Gasteiger partial charge in [0.2, 0.25) is 5.12 Å². The molecule has 0 bridgehead atoms. The number of alkyl halides is 3. The normalized spacial score (nSPS) is 42.5. The van der Waals surface area contributed by atoms with Crippen LogP contribution in [0.4, 0.5) is 13.2 Å². The average Bonchev–Trinajstić information content (AvgIpc) is 3.43. The minimum absolute atomic E-state index is 0.0662. The third-order valence-corrected chi connectivity index (χ3v) is 12.0. The predicted octanol–water partition coefficient (Wildman–Crippen LogP) is 6.25. The Kier molecular flexibility index (Phi) is 7.60. The molecule has 1 aromatic rings. The second-order valence-corrected chi connectivity index (χ2v) is 14.3. The number of hydrogen-bond donors (Lipinski definition) is 1. The number of nitrogens with zero attached hydrogens (tertiary/aromatic N) is 1. The monoisotopic (exact) mass is 603 g/mol. The van der Waals surface area contributed by atoms with E-state index >= 15 is 8.78 Å². The number of carbonyl (C=O) groups is 2. The summed E-state index contributed by atoms with van der Waals surface area (Å²) in [6.07, 6.45) is 4.09. The molecule has 4 fully saturated rings. The molecule has 228 valence electrons. The summed E-state index contributed by atoms with van der Waals surface area (Å²) >= 11 is 0.551. The topological polar surface area (TPSA) is 66.8 Å². The number of allylic oxidation sites excluding steroid dienone is 4. The van der Waals surface area contributed by atoms with Gasteiger partial charge in [-0.15, -0.1) is 0 Å². The summed E-state index contributed by atoms with van der Waals surface area (Å²) in [5, 5.41) is 13.0. The summed E-state index contributed by atoms with van der Waals surface area (Å²) in [6, 6.07) is 7.39. The van der Waals surface area contributed by atoms with Crippen LogP contribution in [0.2, 0.25) is 0 Å². The summed E-state index contributed by atoms with van der Waals surface area (Å²) in [5.74, 6) is -2.17. The first kappa shape index (κ1) is 30.1. The summed E-state index contributed by atoms with van der Waals surface area (Å²) < 4.78 is 47.0. The maximum absolute atomic E-state index is 17.5. The molecule has 1 heterocycles. The molecule has 42 heavy (non-hydrogen) atoms. The molecule has 1 aliphatic heterocycles. The molecule has 0 amide bonds. The molecule has 5 nitrogen and oxygen atoms in total.